The maximum Gasteiger partial charge on any atom is 0.167 e. The lowest BCUT2D eigenvalue weighted by atomic mass is 10.5. The molecule has 0 bridgehead atoms. The van der Waals surface area contributed by atoms with Gasteiger partial charge >= 0.3 is 0 Å². The Kier molecular flexibility index (Phi) is 3.25. The Morgan fingerprint density at radius 3 is 2.00 bits per heavy atom. The molecule has 0 unspecified atom stereocenters. The zero-order valence-corrected chi connectivity index (χ0v) is 7.66. The summed E-state index contributed by atoms with van der Waals surface area (Å²) < 4.78 is 11.7. The lowest BCUT2D eigenvalue weighted by molar-refractivity contribution is 0.380. The lowest BCUT2D eigenvalue weighted by Crippen LogP contribution is -2.06. The fraction of sp³-hybridized carbons (Fsp3) is 1.00. The number of hydrogen-bond donors (Lipinski definition) is 0. The number of halogens is 3. The Bertz CT molecular complexity index is 38.5. The van der Waals surface area contributed by atoms with Crippen LogP contribution in [0.4, 0.5) is 4.39 Å². The predicted molar refractivity (Wildman–Crippen MR) is 42.4 cm³/mol. The standard InChI is InChI=1S/C3H5FI2/c1-3(4,6)2-5/h2H2,1H3/t3-/m0/s1. The van der Waals surface area contributed by atoms with Crippen LogP contribution in [0.15, 0.2) is 0 Å². The summed E-state index contributed by atoms with van der Waals surface area (Å²) in [6, 6.07) is 0. The predicted octanol–water partition coefficient (Wildman–Crippen LogP) is 2.54. The molecule has 0 aromatic carbocycles. The second-order valence-electron chi connectivity index (χ2n) is 1.20. The van der Waals surface area contributed by atoms with E-state index < -0.39 is 3.68 Å². The van der Waals surface area contributed by atoms with Crippen LogP contribution in [0.25, 0.3) is 0 Å². The minimum absolute atomic E-state index is 0.561. The van der Waals surface area contributed by atoms with Gasteiger partial charge in [0.15, 0.2) is 3.68 Å². The summed E-state index contributed by atoms with van der Waals surface area (Å²) in [4.78, 5) is 0. The highest BCUT2D eigenvalue weighted by Gasteiger charge is 2.13. The first-order valence-electron chi connectivity index (χ1n) is 1.50. The van der Waals surface area contributed by atoms with E-state index in [0.29, 0.717) is 4.43 Å². The van der Waals surface area contributed by atoms with E-state index in [-0.39, 0.29) is 0 Å². The van der Waals surface area contributed by atoms with Gasteiger partial charge in [-0.05, 0) is 29.5 Å². The van der Waals surface area contributed by atoms with Crippen LogP contribution in [0.3, 0.4) is 0 Å². The molecule has 0 rings (SSSR count). The topological polar surface area (TPSA) is 0 Å². The molecular formula is C3H5FI2. The molecular weight excluding hydrogens is 309 g/mol. The second-order valence-corrected chi connectivity index (χ2v) is 4.22. The molecule has 6 heavy (non-hydrogen) atoms. The number of hydrogen-bond acceptors (Lipinski definition) is 0. The van der Waals surface area contributed by atoms with Crippen molar-refractivity contribution in [3.8, 4) is 0 Å². The molecule has 3 heteroatoms. The third-order valence-electron chi connectivity index (χ3n) is 0.235. The highest BCUT2D eigenvalue weighted by atomic mass is 127. The maximum absolute atomic E-state index is 12.1. The average molecular weight is 314 g/mol. The summed E-state index contributed by atoms with van der Waals surface area (Å²) in [6.07, 6.45) is 0. The van der Waals surface area contributed by atoms with Crippen LogP contribution < -0.4 is 0 Å². The van der Waals surface area contributed by atoms with Crippen molar-refractivity contribution in [2.24, 2.45) is 0 Å². The molecule has 0 aliphatic rings. The van der Waals surface area contributed by atoms with Gasteiger partial charge in [-0.1, -0.05) is 22.6 Å². The van der Waals surface area contributed by atoms with E-state index in [1.807, 2.05) is 22.6 Å². The Hall–Kier alpha value is 1.39. The Labute approximate surface area is 64.2 Å². The zero-order chi connectivity index (χ0) is 5.21. The highest BCUT2D eigenvalue weighted by Crippen LogP contribution is 2.21. The molecule has 0 spiro atoms. The maximum atomic E-state index is 12.1. The van der Waals surface area contributed by atoms with Crippen LogP contribution in [0.1, 0.15) is 6.92 Å². The molecule has 0 aromatic rings. The van der Waals surface area contributed by atoms with Crippen molar-refractivity contribution in [1.29, 1.82) is 0 Å². The summed E-state index contributed by atoms with van der Waals surface area (Å²) in [5.41, 5.74) is 0. The Morgan fingerprint density at radius 1 is 1.83 bits per heavy atom. The largest absolute Gasteiger partial charge is 0.232 e. The summed E-state index contributed by atoms with van der Waals surface area (Å²) >= 11 is 3.78. The molecule has 0 fully saturated rings. The molecule has 0 heterocycles. The molecule has 0 saturated heterocycles. The molecule has 0 amide bonds. The van der Waals surface area contributed by atoms with E-state index >= 15 is 0 Å². The first-order chi connectivity index (χ1) is 2.56. The third kappa shape index (κ3) is 5.39. The Morgan fingerprint density at radius 2 is 2.00 bits per heavy atom. The van der Waals surface area contributed by atoms with Crippen LogP contribution in [0, 0.1) is 0 Å². The monoisotopic (exact) mass is 314 g/mol. The van der Waals surface area contributed by atoms with Gasteiger partial charge < -0.3 is 0 Å². The van der Waals surface area contributed by atoms with Gasteiger partial charge in [0.05, 0.1) is 0 Å². The fourth-order valence-corrected chi connectivity index (χ4v) is 0. The smallest absolute Gasteiger partial charge is 0.167 e. The summed E-state index contributed by atoms with van der Waals surface area (Å²) in [7, 11) is 0. The van der Waals surface area contributed by atoms with Crippen molar-refractivity contribution in [3.63, 3.8) is 0 Å². The molecule has 0 aliphatic heterocycles. The lowest BCUT2D eigenvalue weighted by Gasteiger charge is -2.03. The van der Waals surface area contributed by atoms with E-state index in [1.165, 1.54) is 0 Å². The van der Waals surface area contributed by atoms with Crippen molar-refractivity contribution in [2.75, 3.05) is 4.43 Å². The molecule has 38 valence electrons. The van der Waals surface area contributed by atoms with Gasteiger partial charge in [-0.3, -0.25) is 0 Å². The van der Waals surface area contributed by atoms with Crippen molar-refractivity contribution in [2.45, 2.75) is 10.6 Å². The summed E-state index contributed by atoms with van der Waals surface area (Å²) in [5, 5.41) is 0. The normalized spacial score (nSPS) is 20.0. The van der Waals surface area contributed by atoms with Crippen LogP contribution in [0.2, 0.25) is 0 Å². The zero-order valence-electron chi connectivity index (χ0n) is 3.34. The quantitative estimate of drug-likeness (QED) is 0.515. The van der Waals surface area contributed by atoms with Crippen molar-refractivity contribution in [1.82, 2.24) is 0 Å². The molecule has 0 aromatic heterocycles. The Balaban J connectivity index is 3.17. The number of alkyl halides is 3. The second kappa shape index (κ2) is 2.64. The van der Waals surface area contributed by atoms with Crippen molar-refractivity contribution in [3.05, 3.63) is 0 Å². The van der Waals surface area contributed by atoms with Crippen LogP contribution in [0.5, 0.6) is 0 Å². The first kappa shape index (κ1) is 7.39. The molecule has 0 saturated carbocycles. The summed E-state index contributed by atoms with van der Waals surface area (Å²) in [5.74, 6) is 0. The van der Waals surface area contributed by atoms with Crippen LogP contribution in [-0.2, 0) is 0 Å². The van der Waals surface area contributed by atoms with Crippen LogP contribution >= 0.6 is 45.2 Å². The SMILES string of the molecule is C[C@](F)(I)CI. The molecule has 1 atom stereocenters. The third-order valence-corrected chi connectivity index (χ3v) is 3.51. The van der Waals surface area contributed by atoms with E-state index in [0.717, 1.165) is 0 Å². The van der Waals surface area contributed by atoms with E-state index in [4.69, 9.17) is 0 Å². The van der Waals surface area contributed by atoms with E-state index in [9.17, 15) is 4.39 Å². The molecule has 0 N–H and O–H groups in total. The van der Waals surface area contributed by atoms with Gasteiger partial charge in [0.1, 0.15) is 0 Å². The van der Waals surface area contributed by atoms with Gasteiger partial charge in [0, 0.05) is 4.43 Å². The fourth-order valence-electron chi connectivity index (χ4n) is 0. The highest BCUT2D eigenvalue weighted by molar-refractivity contribution is 14.1. The van der Waals surface area contributed by atoms with Gasteiger partial charge in [-0.25, -0.2) is 4.39 Å². The van der Waals surface area contributed by atoms with E-state index in [1.54, 1.807) is 29.5 Å². The summed E-state index contributed by atoms with van der Waals surface area (Å²) in [6.45, 7) is 1.56. The van der Waals surface area contributed by atoms with Crippen LogP contribution in [-0.4, -0.2) is 8.10 Å². The van der Waals surface area contributed by atoms with Crippen molar-refractivity contribution >= 4 is 45.2 Å². The number of rotatable bonds is 1. The minimum Gasteiger partial charge on any atom is -0.232 e. The minimum atomic E-state index is -1.00. The molecule has 0 aliphatic carbocycles. The van der Waals surface area contributed by atoms with Gasteiger partial charge in [0.25, 0.3) is 0 Å². The van der Waals surface area contributed by atoms with Gasteiger partial charge in [0.2, 0.25) is 0 Å². The van der Waals surface area contributed by atoms with Gasteiger partial charge in [-0.2, -0.15) is 0 Å². The van der Waals surface area contributed by atoms with Crippen molar-refractivity contribution < 1.29 is 4.39 Å². The van der Waals surface area contributed by atoms with Gasteiger partial charge in [-0.15, -0.1) is 0 Å². The molecule has 0 radical (unpaired) electrons. The van der Waals surface area contributed by atoms with E-state index in [2.05, 4.69) is 0 Å². The molecule has 0 nitrogen and oxygen atoms in total. The average Bonchev–Trinajstić information content (AvgIpc) is 1.35. The first-order valence-corrected chi connectivity index (χ1v) is 4.10.